The Morgan fingerprint density at radius 3 is 2.96 bits per heavy atom. The Kier molecular flexibility index (Phi) is 4.79. The molecule has 0 aliphatic heterocycles. The summed E-state index contributed by atoms with van der Waals surface area (Å²) in [7, 11) is 0. The van der Waals surface area contributed by atoms with Crippen LogP contribution in [0.2, 0.25) is 0 Å². The van der Waals surface area contributed by atoms with Crippen molar-refractivity contribution in [3.8, 4) is 10.6 Å². The fraction of sp³-hybridized carbons (Fsp3) is 0.316. The summed E-state index contributed by atoms with van der Waals surface area (Å²) >= 11 is 1.64. The van der Waals surface area contributed by atoms with E-state index in [1.54, 1.807) is 36.0 Å². The Bertz CT molecular complexity index is 889. The fourth-order valence-electron chi connectivity index (χ4n) is 3.21. The van der Waals surface area contributed by atoms with E-state index in [0.29, 0.717) is 12.8 Å². The Morgan fingerprint density at radius 1 is 1.35 bits per heavy atom. The number of carbonyl (C=O) groups excluding carboxylic acids is 1. The molecule has 1 aromatic carbocycles. The van der Waals surface area contributed by atoms with E-state index in [0.717, 1.165) is 41.2 Å². The maximum absolute atomic E-state index is 13.1. The Hall–Kier alpha value is -2.54. The van der Waals surface area contributed by atoms with E-state index in [1.807, 2.05) is 0 Å². The van der Waals surface area contributed by atoms with Gasteiger partial charge in [-0.05, 0) is 49.9 Å². The van der Waals surface area contributed by atoms with Crippen LogP contribution in [0.15, 0.2) is 36.8 Å². The standard InChI is InChI=1S/C19H19FN4OS/c20-13-6-4-12(5-7-13)19-24-18-15(2-1-3-16(18)26-19)23-17(25)9-8-14-10-21-11-22-14/h4-7,10-11,15H,1-3,8-9H2,(H,21,22)(H,23,25). The third-order valence-electron chi connectivity index (χ3n) is 4.56. The topological polar surface area (TPSA) is 70.7 Å². The third-order valence-corrected chi connectivity index (χ3v) is 5.74. The van der Waals surface area contributed by atoms with Crippen LogP contribution in [0.4, 0.5) is 4.39 Å². The maximum Gasteiger partial charge on any atom is 0.220 e. The highest BCUT2D eigenvalue weighted by atomic mass is 32.1. The summed E-state index contributed by atoms with van der Waals surface area (Å²) in [6.45, 7) is 0. The van der Waals surface area contributed by atoms with Crippen LogP contribution < -0.4 is 5.32 Å². The number of carbonyl (C=O) groups is 1. The summed E-state index contributed by atoms with van der Waals surface area (Å²) in [5, 5.41) is 4.01. The van der Waals surface area contributed by atoms with Gasteiger partial charge in [0.1, 0.15) is 10.8 Å². The first-order valence-corrected chi connectivity index (χ1v) is 9.53. The number of hydrogen-bond donors (Lipinski definition) is 2. The van der Waals surface area contributed by atoms with Gasteiger partial charge in [-0.15, -0.1) is 11.3 Å². The largest absolute Gasteiger partial charge is 0.348 e. The first-order valence-electron chi connectivity index (χ1n) is 8.71. The molecule has 0 saturated heterocycles. The Morgan fingerprint density at radius 2 is 2.19 bits per heavy atom. The number of aryl methyl sites for hydroxylation is 2. The molecule has 1 aliphatic carbocycles. The molecular weight excluding hydrogens is 351 g/mol. The van der Waals surface area contributed by atoms with Crippen molar-refractivity contribution in [3.63, 3.8) is 0 Å². The maximum atomic E-state index is 13.1. The third kappa shape index (κ3) is 3.67. The van der Waals surface area contributed by atoms with Crippen molar-refractivity contribution in [2.24, 2.45) is 0 Å². The number of imidazole rings is 1. The number of benzene rings is 1. The number of halogens is 1. The van der Waals surface area contributed by atoms with Crippen molar-refractivity contribution in [1.29, 1.82) is 0 Å². The molecule has 0 bridgehead atoms. The van der Waals surface area contributed by atoms with Crippen LogP contribution in [0.1, 0.15) is 41.6 Å². The van der Waals surface area contributed by atoms with Gasteiger partial charge in [-0.2, -0.15) is 0 Å². The number of aromatic amines is 1. The van der Waals surface area contributed by atoms with Crippen LogP contribution in [-0.4, -0.2) is 20.9 Å². The molecule has 26 heavy (non-hydrogen) atoms. The normalized spacial score (nSPS) is 16.3. The summed E-state index contributed by atoms with van der Waals surface area (Å²) in [5.74, 6) is -0.230. The molecule has 7 heteroatoms. The minimum absolute atomic E-state index is 0.0220. The SMILES string of the molecule is O=C(CCc1cnc[nH]1)NC1CCCc2sc(-c3ccc(F)cc3)nc21. The molecule has 1 amide bonds. The smallest absolute Gasteiger partial charge is 0.220 e. The van der Waals surface area contributed by atoms with E-state index in [-0.39, 0.29) is 17.8 Å². The summed E-state index contributed by atoms with van der Waals surface area (Å²) < 4.78 is 13.1. The molecule has 2 N–H and O–H groups in total. The molecule has 5 nitrogen and oxygen atoms in total. The van der Waals surface area contributed by atoms with Crippen molar-refractivity contribution >= 4 is 17.2 Å². The highest BCUT2D eigenvalue weighted by molar-refractivity contribution is 7.15. The van der Waals surface area contributed by atoms with Gasteiger partial charge in [0.05, 0.1) is 18.1 Å². The van der Waals surface area contributed by atoms with Gasteiger partial charge in [0.25, 0.3) is 0 Å². The minimum atomic E-state index is -0.252. The summed E-state index contributed by atoms with van der Waals surface area (Å²) in [4.78, 5) is 25.3. The Balaban J connectivity index is 1.46. The minimum Gasteiger partial charge on any atom is -0.348 e. The monoisotopic (exact) mass is 370 g/mol. The number of nitrogens with zero attached hydrogens (tertiary/aromatic N) is 2. The van der Waals surface area contributed by atoms with Crippen LogP contribution in [-0.2, 0) is 17.6 Å². The number of thiazole rings is 1. The van der Waals surface area contributed by atoms with Crippen molar-refractivity contribution in [2.75, 3.05) is 0 Å². The zero-order chi connectivity index (χ0) is 17.9. The Labute approximate surface area is 154 Å². The van der Waals surface area contributed by atoms with E-state index >= 15 is 0 Å². The predicted molar refractivity (Wildman–Crippen MR) is 98.2 cm³/mol. The van der Waals surface area contributed by atoms with Crippen molar-refractivity contribution in [1.82, 2.24) is 20.3 Å². The van der Waals surface area contributed by atoms with Crippen LogP contribution in [0.5, 0.6) is 0 Å². The van der Waals surface area contributed by atoms with Gasteiger partial charge in [-0.25, -0.2) is 14.4 Å². The zero-order valence-electron chi connectivity index (χ0n) is 14.2. The molecule has 1 aliphatic rings. The van der Waals surface area contributed by atoms with Gasteiger partial charge in [-0.1, -0.05) is 0 Å². The lowest BCUT2D eigenvalue weighted by molar-refractivity contribution is -0.121. The highest BCUT2D eigenvalue weighted by Crippen LogP contribution is 2.37. The quantitative estimate of drug-likeness (QED) is 0.718. The van der Waals surface area contributed by atoms with Gasteiger partial charge >= 0.3 is 0 Å². The molecule has 134 valence electrons. The van der Waals surface area contributed by atoms with Gasteiger partial charge in [0.2, 0.25) is 5.91 Å². The molecule has 1 unspecified atom stereocenters. The summed E-state index contributed by atoms with van der Waals surface area (Å²) in [6, 6.07) is 6.35. The average molecular weight is 370 g/mol. The predicted octanol–water partition coefficient (Wildman–Crippen LogP) is 3.80. The van der Waals surface area contributed by atoms with Crippen molar-refractivity contribution < 1.29 is 9.18 Å². The molecular formula is C19H19FN4OS. The van der Waals surface area contributed by atoms with E-state index in [1.165, 1.54) is 17.0 Å². The van der Waals surface area contributed by atoms with E-state index in [9.17, 15) is 9.18 Å². The number of nitrogens with one attached hydrogen (secondary N) is 2. The molecule has 0 fully saturated rings. The zero-order valence-corrected chi connectivity index (χ0v) is 15.0. The van der Waals surface area contributed by atoms with Gasteiger partial charge in [-0.3, -0.25) is 4.79 Å². The van der Waals surface area contributed by atoms with Crippen molar-refractivity contribution in [2.45, 2.75) is 38.1 Å². The van der Waals surface area contributed by atoms with Crippen LogP contribution in [0.25, 0.3) is 10.6 Å². The number of aromatic nitrogens is 3. The number of hydrogen-bond acceptors (Lipinski definition) is 4. The fourth-order valence-corrected chi connectivity index (χ4v) is 4.38. The number of H-pyrrole nitrogens is 1. The second-order valence-corrected chi connectivity index (χ2v) is 7.51. The number of amides is 1. The molecule has 3 aromatic rings. The molecule has 2 heterocycles. The summed E-state index contributed by atoms with van der Waals surface area (Å²) in [5.41, 5.74) is 2.84. The van der Waals surface area contributed by atoms with Crippen LogP contribution in [0, 0.1) is 5.82 Å². The molecule has 0 saturated carbocycles. The average Bonchev–Trinajstić information content (AvgIpc) is 3.31. The lowest BCUT2D eigenvalue weighted by Crippen LogP contribution is -2.31. The highest BCUT2D eigenvalue weighted by Gasteiger charge is 2.26. The first-order chi connectivity index (χ1) is 12.7. The van der Waals surface area contributed by atoms with Gasteiger partial charge in [0, 0.05) is 28.8 Å². The van der Waals surface area contributed by atoms with Gasteiger partial charge < -0.3 is 10.3 Å². The number of fused-ring (bicyclic) bond motifs is 1. The molecule has 4 rings (SSSR count). The summed E-state index contributed by atoms with van der Waals surface area (Å²) in [6.07, 6.45) is 7.33. The van der Waals surface area contributed by atoms with Gasteiger partial charge in [0.15, 0.2) is 0 Å². The van der Waals surface area contributed by atoms with E-state index in [2.05, 4.69) is 15.3 Å². The first kappa shape index (κ1) is 16.9. The molecule has 0 radical (unpaired) electrons. The van der Waals surface area contributed by atoms with Crippen LogP contribution >= 0.6 is 11.3 Å². The molecule has 1 atom stereocenters. The van der Waals surface area contributed by atoms with Crippen LogP contribution in [0.3, 0.4) is 0 Å². The molecule has 0 spiro atoms. The molecule has 2 aromatic heterocycles. The van der Waals surface area contributed by atoms with E-state index in [4.69, 9.17) is 4.98 Å². The second kappa shape index (κ2) is 7.37. The second-order valence-electron chi connectivity index (χ2n) is 6.42. The van der Waals surface area contributed by atoms with Crippen molar-refractivity contribution in [3.05, 3.63) is 58.9 Å². The number of rotatable bonds is 5. The van der Waals surface area contributed by atoms with E-state index < -0.39 is 0 Å². The lowest BCUT2D eigenvalue weighted by Gasteiger charge is -2.22. The lowest BCUT2D eigenvalue weighted by atomic mass is 9.97.